The Balaban J connectivity index is 1.37. The Hall–Kier alpha value is -2.97. The standard InChI is InChI=1S/C25H34N6O2/c1-3-29(4-2)18-19-11-15-30(16-12-19)17-14-27-25(33)31-22-10-6-5-8-20(22)24(32)28-21-9-7-13-26-23(21)31/h5-10,13,19H,3-4,11-12,14-18H2,1-2H3,(H,27,33)(H,28,32). The molecule has 0 radical (unpaired) electrons. The van der Waals surface area contributed by atoms with E-state index in [2.05, 4.69) is 39.3 Å². The Labute approximate surface area is 196 Å². The van der Waals surface area contributed by atoms with Crippen LogP contribution in [0.2, 0.25) is 0 Å². The molecular weight excluding hydrogens is 416 g/mol. The molecule has 0 aliphatic carbocycles. The van der Waals surface area contributed by atoms with Gasteiger partial charge in [-0.25, -0.2) is 14.7 Å². The number of aromatic nitrogens is 1. The van der Waals surface area contributed by atoms with Crippen LogP contribution in [-0.4, -0.2) is 72.5 Å². The molecular formula is C25H34N6O2. The molecule has 0 atom stereocenters. The van der Waals surface area contributed by atoms with Gasteiger partial charge in [0.25, 0.3) is 5.91 Å². The molecule has 0 unspecified atom stereocenters. The third-order valence-electron chi connectivity index (χ3n) is 6.66. The fraction of sp³-hybridized carbons (Fsp3) is 0.480. The molecule has 0 saturated carbocycles. The van der Waals surface area contributed by atoms with Crippen LogP contribution in [0.3, 0.4) is 0 Å². The molecule has 2 aliphatic rings. The number of carbonyl (C=O) groups is 2. The van der Waals surface area contributed by atoms with Crippen molar-refractivity contribution in [2.24, 2.45) is 5.92 Å². The number of para-hydroxylation sites is 1. The summed E-state index contributed by atoms with van der Waals surface area (Å²) < 4.78 is 0. The first-order valence-electron chi connectivity index (χ1n) is 12.0. The molecule has 8 heteroatoms. The van der Waals surface area contributed by atoms with E-state index in [0.29, 0.717) is 29.3 Å². The van der Waals surface area contributed by atoms with E-state index in [1.54, 1.807) is 36.5 Å². The molecule has 2 aliphatic heterocycles. The van der Waals surface area contributed by atoms with Crippen LogP contribution in [0.25, 0.3) is 0 Å². The molecule has 8 nitrogen and oxygen atoms in total. The van der Waals surface area contributed by atoms with Crippen LogP contribution in [0.1, 0.15) is 37.0 Å². The number of carbonyl (C=O) groups excluding carboxylic acids is 2. The lowest BCUT2D eigenvalue weighted by molar-refractivity contribution is 0.102. The third-order valence-corrected chi connectivity index (χ3v) is 6.66. The largest absolute Gasteiger partial charge is 0.336 e. The molecule has 1 aromatic carbocycles. The lowest BCUT2D eigenvalue weighted by Crippen LogP contribution is -2.44. The number of rotatable bonds is 7. The number of nitrogens with one attached hydrogen (secondary N) is 2. The first kappa shape index (κ1) is 23.2. The minimum atomic E-state index is -0.282. The van der Waals surface area contributed by atoms with Crippen molar-refractivity contribution in [3.8, 4) is 0 Å². The van der Waals surface area contributed by atoms with Crippen LogP contribution in [0.5, 0.6) is 0 Å². The van der Waals surface area contributed by atoms with Gasteiger partial charge in [0.05, 0.1) is 16.9 Å². The summed E-state index contributed by atoms with van der Waals surface area (Å²) >= 11 is 0. The molecule has 2 N–H and O–H groups in total. The second-order valence-corrected chi connectivity index (χ2v) is 8.68. The van der Waals surface area contributed by atoms with Gasteiger partial charge in [-0.1, -0.05) is 26.0 Å². The van der Waals surface area contributed by atoms with Crippen molar-refractivity contribution in [3.05, 3.63) is 48.2 Å². The van der Waals surface area contributed by atoms with Crippen molar-refractivity contribution >= 4 is 29.1 Å². The highest BCUT2D eigenvalue weighted by molar-refractivity contribution is 6.16. The number of nitrogens with zero attached hydrogens (tertiary/aromatic N) is 4. The van der Waals surface area contributed by atoms with Crippen molar-refractivity contribution in [1.82, 2.24) is 20.1 Å². The van der Waals surface area contributed by atoms with Gasteiger partial charge < -0.3 is 20.4 Å². The monoisotopic (exact) mass is 450 g/mol. The molecule has 3 amide bonds. The van der Waals surface area contributed by atoms with Gasteiger partial charge in [0.2, 0.25) is 0 Å². The highest BCUT2D eigenvalue weighted by atomic mass is 16.2. The summed E-state index contributed by atoms with van der Waals surface area (Å²) in [5.41, 5.74) is 1.49. The van der Waals surface area contributed by atoms with Gasteiger partial charge in [-0.05, 0) is 69.2 Å². The normalized spacial score (nSPS) is 16.7. The number of hydrogen-bond donors (Lipinski definition) is 2. The van der Waals surface area contributed by atoms with Gasteiger partial charge in [-0.2, -0.15) is 0 Å². The Morgan fingerprint density at radius 3 is 2.67 bits per heavy atom. The maximum atomic E-state index is 13.3. The van der Waals surface area contributed by atoms with Crippen LogP contribution in [0, 0.1) is 5.92 Å². The Kier molecular flexibility index (Phi) is 7.57. The highest BCUT2D eigenvalue weighted by Gasteiger charge is 2.30. The van der Waals surface area contributed by atoms with Crippen LogP contribution in [-0.2, 0) is 0 Å². The zero-order chi connectivity index (χ0) is 23.2. The number of likely N-dealkylation sites (tertiary alicyclic amines) is 1. The van der Waals surface area contributed by atoms with E-state index in [-0.39, 0.29) is 11.9 Å². The van der Waals surface area contributed by atoms with E-state index in [1.165, 1.54) is 24.3 Å². The van der Waals surface area contributed by atoms with Gasteiger partial charge in [0.15, 0.2) is 5.82 Å². The topological polar surface area (TPSA) is 80.8 Å². The Morgan fingerprint density at radius 2 is 1.91 bits per heavy atom. The molecule has 3 heterocycles. The Morgan fingerprint density at radius 1 is 1.15 bits per heavy atom. The van der Waals surface area contributed by atoms with Crippen LogP contribution < -0.4 is 15.5 Å². The van der Waals surface area contributed by atoms with Gasteiger partial charge >= 0.3 is 6.03 Å². The van der Waals surface area contributed by atoms with Gasteiger partial charge in [-0.15, -0.1) is 0 Å². The first-order valence-corrected chi connectivity index (χ1v) is 12.0. The van der Waals surface area contributed by atoms with Crippen LogP contribution in [0.4, 0.5) is 22.0 Å². The van der Waals surface area contributed by atoms with Gasteiger partial charge in [0.1, 0.15) is 0 Å². The van der Waals surface area contributed by atoms with E-state index in [1.807, 2.05) is 6.07 Å². The Bertz CT molecular complexity index is 969. The summed E-state index contributed by atoms with van der Waals surface area (Å²) in [6, 6.07) is 10.3. The predicted octanol–water partition coefficient (Wildman–Crippen LogP) is 3.55. The van der Waals surface area contributed by atoms with E-state index >= 15 is 0 Å². The second-order valence-electron chi connectivity index (χ2n) is 8.68. The summed E-state index contributed by atoms with van der Waals surface area (Å²) in [7, 11) is 0. The molecule has 33 heavy (non-hydrogen) atoms. The van der Waals surface area contributed by atoms with Crippen LogP contribution in [0.15, 0.2) is 42.6 Å². The maximum Gasteiger partial charge on any atom is 0.327 e. The average molecular weight is 451 g/mol. The number of piperidine rings is 1. The molecule has 0 bridgehead atoms. The summed E-state index contributed by atoms with van der Waals surface area (Å²) in [4.78, 5) is 36.8. The van der Waals surface area contributed by atoms with E-state index in [0.717, 1.165) is 38.6 Å². The van der Waals surface area contributed by atoms with Crippen molar-refractivity contribution in [3.63, 3.8) is 0 Å². The lowest BCUT2D eigenvalue weighted by atomic mass is 9.96. The molecule has 1 fully saturated rings. The number of anilines is 3. The zero-order valence-corrected chi connectivity index (χ0v) is 19.6. The predicted molar refractivity (Wildman–Crippen MR) is 131 cm³/mol. The van der Waals surface area contributed by atoms with Crippen molar-refractivity contribution in [2.75, 3.05) is 56.0 Å². The second kappa shape index (κ2) is 10.8. The number of pyridine rings is 1. The smallest absolute Gasteiger partial charge is 0.327 e. The van der Waals surface area contributed by atoms with Gasteiger partial charge in [-0.3, -0.25) is 4.79 Å². The third kappa shape index (κ3) is 5.34. The summed E-state index contributed by atoms with van der Waals surface area (Å²) in [6.07, 6.45) is 4.03. The molecule has 0 spiro atoms. The van der Waals surface area contributed by atoms with Crippen molar-refractivity contribution in [2.45, 2.75) is 26.7 Å². The van der Waals surface area contributed by atoms with Crippen LogP contribution >= 0.6 is 0 Å². The molecule has 176 valence electrons. The number of amides is 3. The maximum absolute atomic E-state index is 13.3. The number of benzene rings is 1. The zero-order valence-electron chi connectivity index (χ0n) is 19.6. The fourth-order valence-corrected chi connectivity index (χ4v) is 4.68. The summed E-state index contributed by atoms with van der Waals surface area (Å²) in [5.74, 6) is 0.935. The molecule has 1 aromatic heterocycles. The summed E-state index contributed by atoms with van der Waals surface area (Å²) in [5, 5.41) is 5.91. The summed E-state index contributed by atoms with van der Waals surface area (Å²) in [6.45, 7) is 11.4. The van der Waals surface area contributed by atoms with Crippen molar-refractivity contribution < 1.29 is 9.59 Å². The van der Waals surface area contributed by atoms with E-state index < -0.39 is 0 Å². The number of urea groups is 1. The highest BCUT2D eigenvalue weighted by Crippen LogP contribution is 2.35. The minimum Gasteiger partial charge on any atom is -0.336 e. The first-order chi connectivity index (χ1) is 16.1. The minimum absolute atomic E-state index is 0.247. The van der Waals surface area contributed by atoms with E-state index in [4.69, 9.17) is 0 Å². The quantitative estimate of drug-likeness (QED) is 0.674. The lowest BCUT2D eigenvalue weighted by Gasteiger charge is -2.34. The number of hydrogen-bond acceptors (Lipinski definition) is 5. The molecule has 4 rings (SSSR count). The fourth-order valence-electron chi connectivity index (χ4n) is 4.68. The SMILES string of the molecule is CCN(CC)CC1CCN(CCNC(=O)N2c3ccccc3C(=O)Nc3cccnc32)CC1. The number of fused-ring (bicyclic) bond motifs is 2. The average Bonchev–Trinajstić information content (AvgIpc) is 2.97. The molecule has 2 aromatic rings. The van der Waals surface area contributed by atoms with E-state index in [9.17, 15) is 9.59 Å². The van der Waals surface area contributed by atoms with Gasteiger partial charge in [0, 0.05) is 25.8 Å². The molecule has 1 saturated heterocycles. The van der Waals surface area contributed by atoms with Crippen molar-refractivity contribution in [1.29, 1.82) is 0 Å².